The topological polar surface area (TPSA) is 115 Å². The number of aromatic nitrogens is 2. The molecule has 1 aromatic carbocycles. The molecule has 0 unspecified atom stereocenters. The number of hydrogen-bond donors (Lipinski definition) is 3. The third-order valence-corrected chi connectivity index (χ3v) is 5.23. The standard InChI is InChI=1S/C22H32N4O3/c1-6-11-26-20(23)18(21(28)25-22(26)29)17(27)12-24-19(14(4)5)16-9-7-15(8-10-16)13(2)3/h7-10,13-14,19,24H,6,11-12,23H2,1-5H3,(H,25,28,29)/p+1/t19-/m1/s1. The first-order chi connectivity index (χ1) is 13.7. The Morgan fingerprint density at radius 3 is 2.21 bits per heavy atom. The van der Waals surface area contributed by atoms with Crippen molar-refractivity contribution in [3.8, 4) is 0 Å². The molecule has 0 aliphatic heterocycles. The molecule has 0 radical (unpaired) electrons. The molecular weight excluding hydrogens is 368 g/mol. The second-order valence-corrected chi connectivity index (χ2v) is 8.13. The molecule has 7 heteroatoms. The summed E-state index contributed by atoms with van der Waals surface area (Å²) >= 11 is 0. The molecule has 0 bridgehead atoms. The van der Waals surface area contributed by atoms with Crippen molar-refractivity contribution >= 4 is 11.6 Å². The smallest absolute Gasteiger partial charge is 0.329 e. The molecule has 0 fully saturated rings. The van der Waals surface area contributed by atoms with Gasteiger partial charge in [0.05, 0.1) is 0 Å². The van der Waals surface area contributed by atoms with Crippen molar-refractivity contribution in [3.05, 3.63) is 61.8 Å². The Hall–Kier alpha value is -2.67. The van der Waals surface area contributed by atoms with Gasteiger partial charge in [0.25, 0.3) is 5.56 Å². The van der Waals surface area contributed by atoms with E-state index in [1.807, 2.05) is 12.2 Å². The van der Waals surface area contributed by atoms with Crippen LogP contribution in [-0.2, 0) is 6.54 Å². The SMILES string of the molecule is CCCn1c(N)c(C(=O)C[NH2+][C@@H](c2ccc(C(C)C)cc2)C(C)C)c(=O)[nH]c1=O. The summed E-state index contributed by atoms with van der Waals surface area (Å²) in [5.74, 6) is 0.317. The molecule has 5 N–H and O–H groups in total. The number of quaternary nitrogens is 1. The summed E-state index contributed by atoms with van der Waals surface area (Å²) in [6.45, 7) is 10.8. The van der Waals surface area contributed by atoms with E-state index in [0.717, 1.165) is 5.56 Å². The molecule has 158 valence electrons. The van der Waals surface area contributed by atoms with Gasteiger partial charge in [0.1, 0.15) is 24.0 Å². The molecule has 1 aromatic heterocycles. The number of anilines is 1. The van der Waals surface area contributed by atoms with Crippen molar-refractivity contribution in [1.82, 2.24) is 9.55 Å². The normalized spacial score (nSPS) is 12.5. The van der Waals surface area contributed by atoms with Crippen molar-refractivity contribution in [3.63, 3.8) is 0 Å². The summed E-state index contributed by atoms with van der Waals surface area (Å²) in [6.07, 6.45) is 0.664. The van der Waals surface area contributed by atoms with Crippen molar-refractivity contribution in [2.75, 3.05) is 12.3 Å². The lowest BCUT2D eigenvalue weighted by Gasteiger charge is -2.20. The Morgan fingerprint density at radius 1 is 1.10 bits per heavy atom. The number of nitrogens with two attached hydrogens (primary N) is 2. The highest BCUT2D eigenvalue weighted by Crippen LogP contribution is 2.21. The highest BCUT2D eigenvalue weighted by atomic mass is 16.2. The van der Waals surface area contributed by atoms with Crippen molar-refractivity contribution in [2.45, 2.75) is 59.5 Å². The zero-order valence-electron chi connectivity index (χ0n) is 18.0. The molecule has 0 spiro atoms. The minimum Gasteiger partial charge on any atom is -0.384 e. The fraction of sp³-hybridized carbons (Fsp3) is 0.500. The first-order valence-electron chi connectivity index (χ1n) is 10.3. The van der Waals surface area contributed by atoms with Crippen LogP contribution in [0.4, 0.5) is 5.82 Å². The zero-order valence-corrected chi connectivity index (χ0v) is 18.0. The number of benzene rings is 1. The lowest BCUT2D eigenvalue weighted by atomic mass is 9.93. The first-order valence-corrected chi connectivity index (χ1v) is 10.3. The van der Waals surface area contributed by atoms with E-state index >= 15 is 0 Å². The number of nitrogens with zero attached hydrogens (tertiary/aromatic N) is 1. The van der Waals surface area contributed by atoms with E-state index < -0.39 is 11.2 Å². The number of Topliss-reactive ketones (excluding diaryl/α,β-unsaturated/α-hetero) is 1. The van der Waals surface area contributed by atoms with E-state index in [2.05, 4.69) is 56.9 Å². The van der Waals surface area contributed by atoms with Gasteiger partial charge in [-0.05, 0) is 17.9 Å². The summed E-state index contributed by atoms with van der Waals surface area (Å²) in [5.41, 5.74) is 6.97. The summed E-state index contributed by atoms with van der Waals surface area (Å²) in [7, 11) is 0. The molecule has 0 aliphatic carbocycles. The fourth-order valence-electron chi connectivity index (χ4n) is 3.54. The van der Waals surface area contributed by atoms with E-state index in [4.69, 9.17) is 5.73 Å². The Bertz CT molecular complexity index is 956. The van der Waals surface area contributed by atoms with Crippen LogP contribution in [0.15, 0.2) is 33.9 Å². The summed E-state index contributed by atoms with van der Waals surface area (Å²) in [6, 6.07) is 8.51. The van der Waals surface area contributed by atoms with Crippen LogP contribution in [0.3, 0.4) is 0 Å². The number of carbonyl (C=O) groups is 1. The third-order valence-electron chi connectivity index (χ3n) is 5.23. The zero-order chi connectivity index (χ0) is 21.7. The molecule has 0 saturated heterocycles. The molecule has 29 heavy (non-hydrogen) atoms. The van der Waals surface area contributed by atoms with E-state index in [1.165, 1.54) is 10.1 Å². The maximum absolute atomic E-state index is 12.8. The predicted octanol–water partition coefficient (Wildman–Crippen LogP) is 1.80. The molecule has 7 nitrogen and oxygen atoms in total. The van der Waals surface area contributed by atoms with E-state index in [9.17, 15) is 14.4 Å². The lowest BCUT2D eigenvalue weighted by molar-refractivity contribution is -0.691. The number of ketones is 1. The number of hydrogen-bond acceptors (Lipinski definition) is 4. The highest BCUT2D eigenvalue weighted by Gasteiger charge is 2.24. The largest absolute Gasteiger partial charge is 0.384 e. The van der Waals surface area contributed by atoms with Gasteiger partial charge in [-0.25, -0.2) is 4.79 Å². The van der Waals surface area contributed by atoms with Gasteiger partial charge in [-0.2, -0.15) is 0 Å². The van der Waals surface area contributed by atoms with E-state index in [0.29, 0.717) is 18.9 Å². The lowest BCUT2D eigenvalue weighted by Crippen LogP contribution is -2.88. The summed E-state index contributed by atoms with van der Waals surface area (Å²) in [5, 5.41) is 1.94. The van der Waals surface area contributed by atoms with Crippen LogP contribution in [-0.4, -0.2) is 21.9 Å². The van der Waals surface area contributed by atoms with Gasteiger partial charge >= 0.3 is 5.69 Å². The second-order valence-electron chi connectivity index (χ2n) is 8.13. The summed E-state index contributed by atoms with van der Waals surface area (Å²) in [4.78, 5) is 39.2. The molecular formula is C22H33N4O3+. The number of carbonyl (C=O) groups excluding carboxylic acids is 1. The van der Waals surface area contributed by atoms with Crippen LogP contribution in [0.5, 0.6) is 0 Å². The highest BCUT2D eigenvalue weighted by molar-refractivity contribution is 6.00. The van der Waals surface area contributed by atoms with Crippen LogP contribution < -0.4 is 22.3 Å². The number of aromatic amines is 1. The van der Waals surface area contributed by atoms with E-state index in [-0.39, 0.29) is 35.7 Å². The first kappa shape index (κ1) is 22.6. The van der Waals surface area contributed by atoms with Gasteiger partial charge < -0.3 is 11.1 Å². The number of H-pyrrole nitrogens is 1. The average Bonchev–Trinajstić information content (AvgIpc) is 2.65. The number of nitrogens with one attached hydrogen (secondary N) is 1. The number of nitrogen functional groups attached to an aromatic ring is 1. The Morgan fingerprint density at radius 2 is 1.69 bits per heavy atom. The van der Waals surface area contributed by atoms with Crippen molar-refractivity contribution in [2.24, 2.45) is 5.92 Å². The predicted molar refractivity (Wildman–Crippen MR) is 115 cm³/mol. The van der Waals surface area contributed by atoms with Crippen LogP contribution >= 0.6 is 0 Å². The van der Waals surface area contributed by atoms with Gasteiger partial charge in [-0.15, -0.1) is 0 Å². The monoisotopic (exact) mass is 401 g/mol. The third kappa shape index (κ3) is 5.23. The molecule has 0 saturated carbocycles. The van der Waals surface area contributed by atoms with Gasteiger partial charge in [0.2, 0.25) is 5.78 Å². The minimum absolute atomic E-state index is 0.0543. The van der Waals surface area contributed by atoms with Gasteiger partial charge in [0, 0.05) is 18.0 Å². The van der Waals surface area contributed by atoms with E-state index in [1.54, 1.807) is 0 Å². The number of rotatable bonds is 9. The minimum atomic E-state index is -0.722. The van der Waals surface area contributed by atoms with Crippen molar-refractivity contribution < 1.29 is 10.1 Å². The molecule has 1 heterocycles. The molecule has 1 atom stereocenters. The second kappa shape index (κ2) is 9.69. The fourth-order valence-corrected chi connectivity index (χ4v) is 3.54. The van der Waals surface area contributed by atoms with Crippen molar-refractivity contribution in [1.29, 1.82) is 0 Å². The maximum Gasteiger partial charge on any atom is 0.329 e. The van der Waals surface area contributed by atoms with Gasteiger partial charge in [-0.1, -0.05) is 58.9 Å². The van der Waals surface area contributed by atoms with Gasteiger partial charge in [0.15, 0.2) is 0 Å². The summed E-state index contributed by atoms with van der Waals surface area (Å²) < 4.78 is 1.25. The van der Waals surface area contributed by atoms with Gasteiger partial charge in [-0.3, -0.25) is 19.1 Å². The molecule has 2 rings (SSSR count). The van der Waals surface area contributed by atoms with Crippen LogP contribution in [0.1, 0.15) is 74.5 Å². The Kier molecular flexibility index (Phi) is 7.56. The van der Waals surface area contributed by atoms with Crippen LogP contribution in [0, 0.1) is 5.92 Å². The van der Waals surface area contributed by atoms with Crippen LogP contribution in [0.2, 0.25) is 0 Å². The average molecular weight is 402 g/mol. The molecule has 0 amide bonds. The Labute approximate surface area is 171 Å². The molecule has 2 aromatic rings. The maximum atomic E-state index is 12.8. The quantitative estimate of drug-likeness (QED) is 0.556. The molecule has 0 aliphatic rings. The van der Waals surface area contributed by atoms with Crippen LogP contribution in [0.25, 0.3) is 0 Å². The Balaban J connectivity index is 2.24.